The number of rotatable bonds is 4. The lowest BCUT2D eigenvalue weighted by molar-refractivity contribution is -0.129. The van der Waals surface area contributed by atoms with Crippen molar-refractivity contribution in [3.05, 3.63) is 83.7 Å². The summed E-state index contributed by atoms with van der Waals surface area (Å²) in [5, 5.41) is 0. The molecule has 2 aromatic carbocycles. The molecule has 1 atom stereocenters. The van der Waals surface area contributed by atoms with Crippen LogP contribution >= 0.6 is 0 Å². The standard InChI is InChI=1S/C22H18F2N4O2/c1-28-20(29)22(27-21(28)25,13-3-6-15(30-2)7-4-13)14-5-8-18(23)16(11-14)17-12-26-10-9-19(17)24/h3-12H,1-2H3,(H2,25,27)/t22-/m0/s1. The maximum atomic E-state index is 14.6. The zero-order chi connectivity index (χ0) is 21.5. The minimum absolute atomic E-state index is 0.0162. The zero-order valence-corrected chi connectivity index (χ0v) is 16.3. The lowest BCUT2D eigenvalue weighted by atomic mass is 9.81. The van der Waals surface area contributed by atoms with E-state index < -0.39 is 23.1 Å². The van der Waals surface area contributed by atoms with Gasteiger partial charge in [0.05, 0.1) is 7.11 Å². The molecular weight excluding hydrogens is 390 g/mol. The summed E-state index contributed by atoms with van der Waals surface area (Å²) in [6.07, 6.45) is 2.51. The predicted octanol–water partition coefficient (Wildman–Crippen LogP) is 3.07. The number of ether oxygens (including phenoxy) is 1. The van der Waals surface area contributed by atoms with Crippen LogP contribution in [-0.4, -0.2) is 35.9 Å². The molecule has 0 aliphatic carbocycles. The Morgan fingerprint density at radius 2 is 1.67 bits per heavy atom. The van der Waals surface area contributed by atoms with Crippen molar-refractivity contribution in [2.24, 2.45) is 10.7 Å². The van der Waals surface area contributed by atoms with Gasteiger partial charge in [-0.05, 0) is 41.5 Å². The number of pyridine rings is 1. The first-order valence-corrected chi connectivity index (χ1v) is 9.06. The third-order valence-corrected chi connectivity index (χ3v) is 5.19. The smallest absolute Gasteiger partial charge is 0.266 e. The van der Waals surface area contributed by atoms with Crippen molar-refractivity contribution in [1.29, 1.82) is 0 Å². The van der Waals surface area contributed by atoms with E-state index in [9.17, 15) is 13.6 Å². The minimum atomic E-state index is -1.54. The van der Waals surface area contributed by atoms with Crippen LogP contribution in [0.25, 0.3) is 11.1 Å². The maximum Gasteiger partial charge on any atom is 0.266 e. The van der Waals surface area contributed by atoms with Crippen LogP contribution in [0.4, 0.5) is 8.78 Å². The Hall–Kier alpha value is -3.81. The molecule has 8 heteroatoms. The van der Waals surface area contributed by atoms with Gasteiger partial charge in [-0.2, -0.15) is 0 Å². The van der Waals surface area contributed by atoms with Gasteiger partial charge in [-0.1, -0.05) is 18.2 Å². The number of nitrogens with zero attached hydrogens (tertiary/aromatic N) is 3. The first-order valence-electron chi connectivity index (χ1n) is 9.06. The highest BCUT2D eigenvalue weighted by Gasteiger charge is 2.49. The van der Waals surface area contributed by atoms with E-state index in [1.54, 1.807) is 24.3 Å². The molecule has 2 heterocycles. The second-order valence-corrected chi connectivity index (χ2v) is 6.82. The molecule has 4 rings (SSSR count). The summed E-state index contributed by atoms with van der Waals surface area (Å²) >= 11 is 0. The van der Waals surface area contributed by atoms with Crippen LogP contribution in [0, 0.1) is 11.6 Å². The summed E-state index contributed by atoms with van der Waals surface area (Å²) in [5.74, 6) is -1.06. The second kappa shape index (κ2) is 7.22. The Morgan fingerprint density at radius 3 is 2.27 bits per heavy atom. The summed E-state index contributed by atoms with van der Waals surface area (Å²) in [7, 11) is 3.04. The van der Waals surface area contributed by atoms with E-state index in [-0.39, 0.29) is 17.1 Å². The van der Waals surface area contributed by atoms with Gasteiger partial charge in [0.15, 0.2) is 11.5 Å². The third kappa shape index (κ3) is 2.88. The van der Waals surface area contributed by atoms with Crippen molar-refractivity contribution in [1.82, 2.24) is 9.88 Å². The number of benzene rings is 2. The topological polar surface area (TPSA) is 80.8 Å². The van der Waals surface area contributed by atoms with Gasteiger partial charge in [-0.15, -0.1) is 0 Å². The molecule has 0 fully saturated rings. The molecule has 0 unspecified atom stereocenters. The van der Waals surface area contributed by atoms with Crippen molar-refractivity contribution >= 4 is 11.9 Å². The summed E-state index contributed by atoms with van der Waals surface area (Å²) in [4.78, 5) is 22.9. The molecule has 0 saturated carbocycles. The Bertz CT molecular complexity index is 1160. The van der Waals surface area contributed by atoms with Gasteiger partial charge in [-0.3, -0.25) is 14.7 Å². The van der Waals surface area contributed by atoms with Crippen molar-refractivity contribution in [2.75, 3.05) is 14.2 Å². The lowest BCUT2D eigenvalue weighted by Crippen LogP contribution is -2.41. The van der Waals surface area contributed by atoms with Gasteiger partial charge in [0, 0.05) is 30.6 Å². The Kier molecular flexibility index (Phi) is 4.69. The quantitative estimate of drug-likeness (QED) is 0.720. The molecule has 152 valence electrons. The molecule has 1 aromatic heterocycles. The van der Waals surface area contributed by atoms with Crippen LogP contribution in [0.2, 0.25) is 0 Å². The van der Waals surface area contributed by atoms with E-state index in [2.05, 4.69) is 9.98 Å². The van der Waals surface area contributed by atoms with Crippen molar-refractivity contribution in [2.45, 2.75) is 5.54 Å². The van der Waals surface area contributed by atoms with Crippen LogP contribution in [0.15, 0.2) is 65.9 Å². The number of aromatic nitrogens is 1. The fourth-order valence-electron chi connectivity index (χ4n) is 3.55. The molecule has 3 aromatic rings. The lowest BCUT2D eigenvalue weighted by Gasteiger charge is -2.27. The third-order valence-electron chi connectivity index (χ3n) is 5.19. The summed E-state index contributed by atoms with van der Waals surface area (Å²) < 4.78 is 34.1. The van der Waals surface area contributed by atoms with Crippen LogP contribution in [-0.2, 0) is 10.3 Å². The first-order chi connectivity index (χ1) is 14.4. The monoisotopic (exact) mass is 408 g/mol. The van der Waals surface area contributed by atoms with E-state index in [0.29, 0.717) is 16.9 Å². The number of methoxy groups -OCH3 is 1. The highest BCUT2D eigenvalue weighted by molar-refractivity contribution is 6.09. The fraction of sp³-hybridized carbons (Fsp3) is 0.136. The number of hydrogen-bond acceptors (Lipinski definition) is 5. The normalized spacial score (nSPS) is 18.5. The first kappa shape index (κ1) is 19.5. The Balaban J connectivity index is 1.97. The summed E-state index contributed by atoms with van der Waals surface area (Å²) in [5.41, 5.74) is 5.26. The maximum absolute atomic E-state index is 14.6. The molecule has 1 aliphatic rings. The number of likely N-dealkylation sites (N-methyl/N-ethyl adjacent to an activating group) is 1. The number of carbonyl (C=O) groups excluding carboxylic acids is 1. The van der Waals surface area contributed by atoms with Gasteiger partial charge < -0.3 is 10.5 Å². The number of nitrogens with two attached hydrogens (primary N) is 1. The van der Waals surface area contributed by atoms with Crippen molar-refractivity contribution in [3.8, 4) is 16.9 Å². The number of hydrogen-bond donors (Lipinski definition) is 1. The van der Waals surface area contributed by atoms with E-state index in [4.69, 9.17) is 10.5 Å². The largest absolute Gasteiger partial charge is 0.497 e. The number of aliphatic imine (C=N–C) groups is 1. The number of amides is 1. The second-order valence-electron chi connectivity index (χ2n) is 6.82. The highest BCUT2D eigenvalue weighted by atomic mass is 19.1. The summed E-state index contributed by atoms with van der Waals surface area (Å²) in [6, 6.07) is 12.0. The molecule has 30 heavy (non-hydrogen) atoms. The minimum Gasteiger partial charge on any atom is -0.497 e. The molecular formula is C22H18F2N4O2. The predicted molar refractivity (Wildman–Crippen MR) is 108 cm³/mol. The van der Waals surface area contributed by atoms with Crippen molar-refractivity contribution < 1.29 is 18.3 Å². The van der Waals surface area contributed by atoms with Crippen molar-refractivity contribution in [3.63, 3.8) is 0 Å². The Labute approximate surface area is 171 Å². The molecule has 1 amide bonds. The van der Waals surface area contributed by atoms with Crippen LogP contribution < -0.4 is 10.5 Å². The fourth-order valence-corrected chi connectivity index (χ4v) is 3.55. The van der Waals surface area contributed by atoms with Crippen LogP contribution in [0.3, 0.4) is 0 Å². The Morgan fingerprint density at radius 1 is 1.00 bits per heavy atom. The molecule has 1 aliphatic heterocycles. The van der Waals surface area contributed by atoms with E-state index in [0.717, 1.165) is 6.07 Å². The molecule has 0 radical (unpaired) electrons. The molecule has 6 nitrogen and oxygen atoms in total. The molecule has 0 saturated heterocycles. The van der Waals surface area contributed by atoms with Crippen LogP contribution in [0.1, 0.15) is 11.1 Å². The zero-order valence-electron chi connectivity index (χ0n) is 16.3. The number of halogens is 2. The van der Waals surface area contributed by atoms with Gasteiger partial charge in [0.25, 0.3) is 5.91 Å². The summed E-state index contributed by atoms with van der Waals surface area (Å²) in [6.45, 7) is 0. The number of guanidine groups is 1. The average molecular weight is 408 g/mol. The molecule has 2 N–H and O–H groups in total. The van der Waals surface area contributed by atoms with E-state index >= 15 is 0 Å². The van der Waals surface area contributed by atoms with Crippen LogP contribution in [0.5, 0.6) is 5.75 Å². The number of carbonyl (C=O) groups is 1. The van der Waals surface area contributed by atoms with Gasteiger partial charge in [0.1, 0.15) is 17.4 Å². The SMILES string of the molecule is COc1ccc([C@@]2(c3ccc(F)c(-c4cnccc4F)c3)N=C(N)N(C)C2=O)cc1. The van der Waals surface area contributed by atoms with E-state index in [1.807, 2.05) is 0 Å². The van der Waals surface area contributed by atoms with Gasteiger partial charge in [0.2, 0.25) is 0 Å². The van der Waals surface area contributed by atoms with Gasteiger partial charge >= 0.3 is 0 Å². The van der Waals surface area contributed by atoms with Gasteiger partial charge in [-0.25, -0.2) is 13.8 Å². The average Bonchev–Trinajstić information content (AvgIpc) is 2.99. The molecule has 0 spiro atoms. The molecule has 0 bridgehead atoms. The van der Waals surface area contributed by atoms with E-state index in [1.165, 1.54) is 49.7 Å². The highest BCUT2D eigenvalue weighted by Crippen LogP contribution is 2.41.